The molecular weight excluding hydrogens is 951 g/mol. The minimum Gasteiger partial charge on any atom is -0.350 e. The summed E-state index contributed by atoms with van der Waals surface area (Å²) in [6.07, 6.45) is 18.0. The van der Waals surface area contributed by atoms with Gasteiger partial charge < -0.3 is 20.4 Å². The van der Waals surface area contributed by atoms with E-state index >= 15 is 0 Å². The number of likely N-dealkylation sites (N-methyl/N-ethyl adjacent to an activating group) is 2. The topological polar surface area (TPSA) is 142 Å². The molecule has 0 radical (unpaired) electrons. The van der Waals surface area contributed by atoms with Gasteiger partial charge in [0.2, 0.25) is 17.1 Å². The number of hydrogen-bond donors (Lipinski definition) is 2. The van der Waals surface area contributed by atoms with Crippen molar-refractivity contribution in [3.05, 3.63) is 76.6 Å². The normalized spacial score (nSPS) is 13.1. The van der Waals surface area contributed by atoms with Crippen LogP contribution in [0.1, 0.15) is 150 Å². The molecule has 0 spiro atoms. The van der Waals surface area contributed by atoms with Crippen molar-refractivity contribution in [2.45, 2.75) is 178 Å². The Kier molecular flexibility index (Phi) is 22.0. The van der Waals surface area contributed by atoms with Crippen LogP contribution in [0.4, 0.5) is 11.6 Å². The summed E-state index contributed by atoms with van der Waals surface area (Å²) < 4.78 is 6.10. The number of unbranched alkanes of at least 4 members (excludes halogenated alkanes) is 3. The summed E-state index contributed by atoms with van der Waals surface area (Å²) in [7, 11) is 0. The number of rotatable bonds is 19. The fourth-order valence-corrected chi connectivity index (χ4v) is 24.5. The summed E-state index contributed by atoms with van der Waals surface area (Å²) in [6.45, 7) is 24.9. The molecule has 0 aliphatic heterocycles. The van der Waals surface area contributed by atoms with Crippen LogP contribution in [0.3, 0.4) is 0 Å². The fourth-order valence-electron chi connectivity index (χ4n) is 8.84. The van der Waals surface area contributed by atoms with Crippen LogP contribution in [0, 0.1) is 0 Å². The van der Waals surface area contributed by atoms with Crippen LogP contribution in [0.2, 0.25) is 18.6 Å². The Hall–Kier alpha value is -3.91. The summed E-state index contributed by atoms with van der Waals surface area (Å²) in [4.78, 5) is 56.0. The Balaban J connectivity index is 0.000000220. The van der Waals surface area contributed by atoms with Gasteiger partial charge in [-0.1, -0.05) is 6.07 Å². The maximum absolute atomic E-state index is 12.4. The molecule has 2 amide bonds. The van der Waals surface area contributed by atoms with Gasteiger partial charge in [-0.05, 0) is 118 Å². The van der Waals surface area contributed by atoms with Crippen molar-refractivity contribution >= 4 is 57.1 Å². The zero-order valence-electron chi connectivity index (χ0n) is 42.3. The SMILES string of the molecule is CCC[CH2][Sn]([CH2]CCC)([CH2]CCC)[c]1ccccn1.CCN(CC(=O)NC(C)(C)C)c1nc(-c2ccccn2)nc2c1CCC2.CCN(CC(=O)NC(C)(C)C)c1nc(Cl)nc2c1CCC2. The van der Waals surface area contributed by atoms with Gasteiger partial charge in [-0.3, -0.25) is 14.6 Å². The number of aryl methyl sites for hydroxylation is 2. The number of carbonyl (C=O) groups is 2. The van der Waals surface area contributed by atoms with E-state index in [1.54, 1.807) is 9.91 Å². The molecule has 2 aliphatic carbocycles. The number of anilines is 2. The molecule has 362 valence electrons. The van der Waals surface area contributed by atoms with E-state index in [0.29, 0.717) is 25.5 Å². The second-order valence-electron chi connectivity index (χ2n) is 19.9. The number of halogens is 1. The van der Waals surface area contributed by atoms with E-state index in [1.165, 1.54) is 57.4 Å². The van der Waals surface area contributed by atoms with Crippen molar-refractivity contribution in [3.63, 3.8) is 0 Å². The molecule has 12 nitrogen and oxygen atoms in total. The van der Waals surface area contributed by atoms with Gasteiger partial charge in [0, 0.05) is 47.2 Å². The van der Waals surface area contributed by atoms with E-state index in [2.05, 4.69) is 64.6 Å². The first-order chi connectivity index (χ1) is 31.5. The Morgan fingerprint density at radius 1 is 0.621 bits per heavy atom. The molecule has 14 heteroatoms. The van der Waals surface area contributed by atoms with Crippen LogP contribution in [0.5, 0.6) is 0 Å². The zero-order chi connectivity index (χ0) is 48.3. The van der Waals surface area contributed by atoms with Crippen molar-refractivity contribution in [1.82, 2.24) is 40.5 Å². The van der Waals surface area contributed by atoms with E-state index in [-0.39, 0.29) is 34.7 Å². The molecule has 0 saturated heterocycles. The van der Waals surface area contributed by atoms with Crippen LogP contribution in [-0.2, 0) is 35.3 Å². The van der Waals surface area contributed by atoms with Crippen LogP contribution in [-0.4, -0.2) is 97.4 Å². The molecule has 4 aromatic rings. The Morgan fingerprint density at radius 2 is 1.09 bits per heavy atom. The first kappa shape index (κ1) is 54.7. The maximum atomic E-state index is 12.4. The molecule has 0 saturated carbocycles. The number of nitrogens with zero attached hydrogens (tertiary/aromatic N) is 8. The Bertz CT molecular complexity index is 2090. The number of nitrogens with one attached hydrogen (secondary N) is 2. The molecule has 2 N–H and O–H groups in total. The third-order valence-corrected chi connectivity index (χ3v) is 27.3. The Labute approximate surface area is 406 Å². The van der Waals surface area contributed by atoms with Crippen LogP contribution in [0.15, 0.2) is 48.8 Å². The molecule has 4 aromatic heterocycles. The van der Waals surface area contributed by atoms with Crippen molar-refractivity contribution in [2.75, 3.05) is 36.0 Å². The van der Waals surface area contributed by atoms with Crippen LogP contribution < -0.4 is 24.1 Å². The van der Waals surface area contributed by atoms with Gasteiger partial charge in [-0.15, -0.1) is 0 Å². The monoisotopic (exact) mass is 1030 g/mol. The molecule has 0 bridgehead atoms. The van der Waals surface area contributed by atoms with Gasteiger partial charge in [0.05, 0.1) is 18.8 Å². The molecule has 0 fully saturated rings. The molecule has 4 heterocycles. The largest absolute Gasteiger partial charge is 0.350 e. The standard InChI is InChI=1S/C20H27N5O.C15H23ClN4O.C5H4N.3C4H9.Sn/c1-5-25(13-17(26)24-20(2,3)4)19-14-9-8-11-15(14)22-18(23-19)16-10-6-7-12-21-16;1-5-20(9-12(21)19-15(2,3)4)13-10-7-6-8-11(10)17-14(16)18-13;1-2-4-6-5-3-1;3*1-3-4-2;/h6-7,10,12H,5,8-9,11,13H2,1-4H3,(H,24,26);5-9H2,1-4H3,(H,19,21);1-4H;3*1,3-4H2,2H3;. The van der Waals surface area contributed by atoms with Crippen LogP contribution >= 0.6 is 11.6 Å². The molecule has 6 rings (SSSR count). The summed E-state index contributed by atoms with van der Waals surface area (Å²) >= 11 is 3.82. The smallest absolute Gasteiger partial charge is 0.239 e. The minimum atomic E-state index is -2.21. The van der Waals surface area contributed by atoms with E-state index in [4.69, 9.17) is 26.6 Å². The zero-order valence-corrected chi connectivity index (χ0v) is 45.9. The van der Waals surface area contributed by atoms with Gasteiger partial charge in [-0.25, -0.2) is 19.9 Å². The quantitative estimate of drug-likeness (QED) is 0.0689. The maximum Gasteiger partial charge on any atom is 0.239 e. The first-order valence-electron chi connectivity index (χ1n) is 24.9. The molecular formula is C52H81ClN10O2Sn. The van der Waals surface area contributed by atoms with Gasteiger partial charge in [0.25, 0.3) is 0 Å². The van der Waals surface area contributed by atoms with Crippen LogP contribution in [0.25, 0.3) is 11.5 Å². The van der Waals surface area contributed by atoms with Crippen molar-refractivity contribution in [1.29, 1.82) is 0 Å². The predicted molar refractivity (Wildman–Crippen MR) is 277 cm³/mol. The van der Waals surface area contributed by atoms with Gasteiger partial charge in [0.1, 0.15) is 17.3 Å². The third kappa shape index (κ3) is 17.0. The summed E-state index contributed by atoms with van der Waals surface area (Å²) in [5, 5.41) is 6.27. The summed E-state index contributed by atoms with van der Waals surface area (Å²) in [5.74, 6) is 2.32. The second-order valence-corrected chi connectivity index (χ2v) is 33.3. The molecule has 66 heavy (non-hydrogen) atoms. The summed E-state index contributed by atoms with van der Waals surface area (Å²) in [6, 6.07) is 12.4. The van der Waals surface area contributed by atoms with E-state index in [0.717, 1.165) is 72.8 Å². The number of fused-ring (bicyclic) bond motifs is 2. The van der Waals surface area contributed by atoms with Crippen molar-refractivity contribution in [2.24, 2.45) is 0 Å². The molecule has 0 unspecified atom stereocenters. The number of amides is 2. The third-order valence-electron chi connectivity index (χ3n) is 12.0. The number of pyridine rings is 2. The van der Waals surface area contributed by atoms with Crippen molar-refractivity contribution in [3.8, 4) is 11.5 Å². The average molecular weight is 1030 g/mol. The van der Waals surface area contributed by atoms with Crippen molar-refractivity contribution < 1.29 is 9.59 Å². The van der Waals surface area contributed by atoms with Gasteiger partial charge >= 0.3 is 124 Å². The molecule has 2 aliphatic rings. The van der Waals surface area contributed by atoms with Gasteiger partial charge in [-0.2, -0.15) is 0 Å². The number of aromatic nitrogens is 6. The predicted octanol–water partition coefficient (Wildman–Crippen LogP) is 10.3. The molecule has 0 atom stereocenters. The number of carbonyl (C=O) groups excluding carboxylic acids is 2. The summed E-state index contributed by atoms with van der Waals surface area (Å²) in [5.41, 5.74) is 4.72. The van der Waals surface area contributed by atoms with E-state index < -0.39 is 18.4 Å². The van der Waals surface area contributed by atoms with Gasteiger partial charge in [0.15, 0.2) is 5.82 Å². The molecule has 0 aromatic carbocycles. The first-order valence-corrected chi connectivity index (χ1v) is 32.7. The second kappa shape index (κ2) is 26.6. The number of hydrogen-bond acceptors (Lipinski definition) is 10. The van der Waals surface area contributed by atoms with E-state index in [1.807, 2.05) is 89.6 Å². The Morgan fingerprint density at radius 3 is 1.52 bits per heavy atom. The average Bonchev–Trinajstić information content (AvgIpc) is 3.97. The minimum absolute atomic E-state index is 0.00379. The fraction of sp³-hybridized carbons (Fsp3) is 0.615. The van der Waals surface area contributed by atoms with E-state index in [9.17, 15) is 9.59 Å².